The van der Waals surface area contributed by atoms with Crippen molar-refractivity contribution < 1.29 is 4.79 Å². The Bertz CT molecular complexity index is 1170. The first-order valence-corrected chi connectivity index (χ1v) is 12.8. The molecule has 2 aliphatic rings. The lowest BCUT2D eigenvalue weighted by atomic mass is 10.1. The second-order valence-corrected chi connectivity index (χ2v) is 10.2. The van der Waals surface area contributed by atoms with Gasteiger partial charge in [0.05, 0.1) is 16.6 Å². The van der Waals surface area contributed by atoms with Crippen LogP contribution in [-0.4, -0.2) is 63.2 Å². The molecular weight excluding hydrogens is 432 g/mol. The van der Waals surface area contributed by atoms with Crippen molar-refractivity contribution in [1.29, 1.82) is 0 Å². The average molecular weight is 463 g/mol. The topological polar surface area (TPSA) is 58.4 Å². The lowest BCUT2D eigenvalue weighted by Crippen LogP contribution is -2.41. The van der Waals surface area contributed by atoms with E-state index in [0.717, 1.165) is 38.3 Å². The van der Waals surface area contributed by atoms with Crippen LogP contribution in [0.4, 0.5) is 0 Å². The van der Waals surface area contributed by atoms with Gasteiger partial charge in [-0.3, -0.25) is 14.2 Å². The maximum absolute atomic E-state index is 13.6. The highest BCUT2D eigenvalue weighted by molar-refractivity contribution is 7.99. The Morgan fingerprint density at radius 2 is 1.61 bits per heavy atom. The molecule has 2 saturated heterocycles. The normalized spacial score (nSPS) is 18.2. The number of carbonyl (C=O) groups is 1. The Labute approximate surface area is 198 Å². The molecule has 6 nitrogen and oxygen atoms in total. The summed E-state index contributed by atoms with van der Waals surface area (Å²) in [5, 5.41) is 1.46. The van der Waals surface area contributed by atoms with Gasteiger partial charge >= 0.3 is 0 Å². The summed E-state index contributed by atoms with van der Waals surface area (Å²) < 4.78 is 1.74. The summed E-state index contributed by atoms with van der Waals surface area (Å²) in [6, 6.07) is 17.3. The highest BCUT2D eigenvalue weighted by Gasteiger charge is 2.27. The zero-order valence-electron chi connectivity index (χ0n) is 18.9. The fourth-order valence-electron chi connectivity index (χ4n) is 4.85. The Morgan fingerprint density at radius 1 is 0.848 bits per heavy atom. The van der Waals surface area contributed by atoms with Gasteiger partial charge < -0.3 is 9.80 Å². The fourth-order valence-corrected chi connectivity index (χ4v) is 6.13. The van der Waals surface area contributed by atoms with Gasteiger partial charge in [-0.15, -0.1) is 0 Å². The van der Waals surface area contributed by atoms with E-state index in [0.29, 0.717) is 29.0 Å². The molecule has 3 aromatic rings. The van der Waals surface area contributed by atoms with Gasteiger partial charge in [-0.2, -0.15) is 0 Å². The summed E-state index contributed by atoms with van der Waals surface area (Å²) in [6.07, 6.45) is 5.32. The van der Waals surface area contributed by atoms with E-state index in [1.165, 1.54) is 19.3 Å². The van der Waals surface area contributed by atoms with Crippen LogP contribution in [0.2, 0.25) is 0 Å². The van der Waals surface area contributed by atoms with E-state index in [4.69, 9.17) is 4.98 Å². The minimum absolute atomic E-state index is 0.0525. The molecule has 3 heterocycles. The van der Waals surface area contributed by atoms with Crippen LogP contribution in [0.1, 0.15) is 32.1 Å². The molecule has 2 aliphatic heterocycles. The number of hydrogen-bond donors (Lipinski definition) is 0. The molecule has 0 radical (unpaired) electrons. The Hall–Kier alpha value is -2.64. The van der Waals surface area contributed by atoms with Crippen LogP contribution in [0.3, 0.4) is 0 Å². The molecule has 1 atom stereocenters. The second-order valence-electron chi connectivity index (χ2n) is 8.93. The minimum atomic E-state index is -0.0525. The predicted octanol–water partition coefficient (Wildman–Crippen LogP) is 3.95. The molecule has 0 spiro atoms. The molecule has 0 aliphatic carbocycles. The molecule has 7 heteroatoms. The van der Waals surface area contributed by atoms with Crippen molar-refractivity contribution in [3.63, 3.8) is 0 Å². The van der Waals surface area contributed by atoms with Crippen molar-refractivity contribution in [3.05, 3.63) is 65.0 Å². The van der Waals surface area contributed by atoms with Gasteiger partial charge in [0.1, 0.15) is 0 Å². The molecule has 1 unspecified atom stereocenters. The number of hydrogen-bond acceptors (Lipinski definition) is 5. The van der Waals surface area contributed by atoms with Crippen molar-refractivity contribution in [1.82, 2.24) is 19.4 Å². The summed E-state index contributed by atoms with van der Waals surface area (Å²) in [5.74, 6) is 0.242. The molecular formula is C26H30N4O2S. The monoisotopic (exact) mass is 462 g/mol. The standard InChI is InChI=1S/C26H30N4O2S/c31-24-14-9-17-29(24)19-21(18-28-15-7-2-8-16-28)33-26-27-23-13-6-5-12-22(23)25(32)30(26)20-10-3-1-4-11-20/h1,3-6,10-13,21H,2,7-9,14-19H2. The maximum Gasteiger partial charge on any atom is 0.266 e. The summed E-state index contributed by atoms with van der Waals surface area (Å²) in [4.78, 5) is 35.4. The number of aromatic nitrogens is 2. The molecule has 1 aromatic heterocycles. The first-order chi connectivity index (χ1) is 16.2. The summed E-state index contributed by atoms with van der Waals surface area (Å²) in [7, 11) is 0. The first-order valence-electron chi connectivity index (χ1n) is 11.9. The molecule has 1 amide bonds. The van der Waals surface area contributed by atoms with E-state index < -0.39 is 0 Å². The van der Waals surface area contributed by atoms with Crippen molar-refractivity contribution in [3.8, 4) is 5.69 Å². The molecule has 0 bridgehead atoms. The van der Waals surface area contributed by atoms with Crippen molar-refractivity contribution in [2.45, 2.75) is 42.5 Å². The minimum Gasteiger partial charge on any atom is -0.342 e. The van der Waals surface area contributed by atoms with Gasteiger partial charge in [0.2, 0.25) is 5.91 Å². The zero-order chi connectivity index (χ0) is 22.6. The quantitative estimate of drug-likeness (QED) is 0.393. The maximum atomic E-state index is 13.6. The molecule has 2 fully saturated rings. The molecule has 5 rings (SSSR count). The van der Waals surface area contributed by atoms with Gasteiger partial charge in [0.25, 0.3) is 5.56 Å². The van der Waals surface area contributed by atoms with E-state index in [1.807, 2.05) is 59.5 Å². The van der Waals surface area contributed by atoms with Crippen molar-refractivity contribution in [2.24, 2.45) is 0 Å². The first kappa shape index (κ1) is 22.2. The van der Waals surface area contributed by atoms with Gasteiger partial charge in [-0.25, -0.2) is 4.98 Å². The van der Waals surface area contributed by atoms with Crippen LogP contribution in [0.5, 0.6) is 0 Å². The van der Waals surface area contributed by atoms with Gasteiger partial charge in [0.15, 0.2) is 5.16 Å². The number of thioether (sulfide) groups is 1. The van der Waals surface area contributed by atoms with Crippen LogP contribution in [0, 0.1) is 0 Å². The predicted molar refractivity (Wildman–Crippen MR) is 133 cm³/mol. The average Bonchev–Trinajstić information content (AvgIpc) is 3.24. The highest BCUT2D eigenvalue weighted by atomic mass is 32.2. The van der Waals surface area contributed by atoms with Crippen molar-refractivity contribution >= 4 is 28.6 Å². The van der Waals surface area contributed by atoms with E-state index >= 15 is 0 Å². The zero-order valence-corrected chi connectivity index (χ0v) is 19.7. The molecule has 172 valence electrons. The SMILES string of the molecule is O=C1CCCN1CC(CN1CCCCC1)Sc1nc2ccccc2c(=O)n1-c1ccccc1. The third-order valence-corrected chi connectivity index (χ3v) is 7.65. The van der Waals surface area contributed by atoms with E-state index in [9.17, 15) is 9.59 Å². The number of para-hydroxylation sites is 2. The van der Waals surface area contributed by atoms with Crippen LogP contribution in [-0.2, 0) is 4.79 Å². The number of amides is 1. The van der Waals surface area contributed by atoms with Crippen LogP contribution < -0.4 is 5.56 Å². The number of rotatable bonds is 7. The van der Waals surface area contributed by atoms with Crippen molar-refractivity contribution in [2.75, 3.05) is 32.7 Å². The Balaban J connectivity index is 1.53. The number of carbonyl (C=O) groups excluding carboxylic acids is 1. The van der Waals surface area contributed by atoms with Gasteiger partial charge in [-0.1, -0.05) is 48.5 Å². The molecule has 0 saturated carbocycles. The molecule has 33 heavy (non-hydrogen) atoms. The second kappa shape index (κ2) is 10.1. The summed E-state index contributed by atoms with van der Waals surface area (Å²) in [6.45, 7) is 4.61. The molecule has 2 aromatic carbocycles. The largest absolute Gasteiger partial charge is 0.342 e. The summed E-state index contributed by atoms with van der Waals surface area (Å²) in [5.41, 5.74) is 1.48. The number of nitrogens with zero attached hydrogens (tertiary/aromatic N) is 4. The Morgan fingerprint density at radius 3 is 2.36 bits per heavy atom. The van der Waals surface area contributed by atoms with E-state index in [1.54, 1.807) is 16.3 Å². The van der Waals surface area contributed by atoms with Crippen LogP contribution in [0.15, 0.2) is 64.5 Å². The van der Waals surface area contributed by atoms with Gasteiger partial charge in [0, 0.05) is 31.3 Å². The lowest BCUT2D eigenvalue weighted by Gasteiger charge is -2.32. The van der Waals surface area contributed by atoms with Crippen LogP contribution in [0.25, 0.3) is 16.6 Å². The number of fused-ring (bicyclic) bond motifs is 1. The van der Waals surface area contributed by atoms with Crippen LogP contribution >= 0.6 is 11.8 Å². The number of likely N-dealkylation sites (tertiary alicyclic amines) is 2. The summed E-state index contributed by atoms with van der Waals surface area (Å²) >= 11 is 1.64. The van der Waals surface area contributed by atoms with E-state index in [-0.39, 0.29) is 16.7 Å². The van der Waals surface area contributed by atoms with Gasteiger partial charge in [-0.05, 0) is 56.6 Å². The van der Waals surface area contributed by atoms with E-state index in [2.05, 4.69) is 4.90 Å². The number of benzene rings is 2. The Kier molecular flexibility index (Phi) is 6.78. The number of piperidine rings is 1. The fraction of sp³-hybridized carbons (Fsp3) is 0.423. The highest BCUT2D eigenvalue weighted by Crippen LogP contribution is 2.28. The lowest BCUT2D eigenvalue weighted by molar-refractivity contribution is -0.127. The smallest absolute Gasteiger partial charge is 0.266 e. The third-order valence-electron chi connectivity index (χ3n) is 6.54. The molecule has 0 N–H and O–H groups in total. The third kappa shape index (κ3) is 4.99.